The summed E-state index contributed by atoms with van der Waals surface area (Å²) in [6, 6.07) is 0. The van der Waals surface area contributed by atoms with E-state index in [1.807, 2.05) is 6.92 Å². The van der Waals surface area contributed by atoms with Crippen LogP contribution in [0.1, 0.15) is 44.1 Å². The highest BCUT2D eigenvalue weighted by atomic mass is 28.3. The molecule has 1 heterocycles. The fraction of sp³-hybridized carbons (Fsp3) is 0.625. The maximum atomic E-state index is 10.7. The molecule has 0 bridgehead atoms. The van der Waals surface area contributed by atoms with E-state index in [2.05, 4.69) is 36.1 Å². The van der Waals surface area contributed by atoms with Gasteiger partial charge >= 0.3 is 0 Å². The van der Waals surface area contributed by atoms with Crippen molar-refractivity contribution in [3.63, 3.8) is 0 Å². The van der Waals surface area contributed by atoms with Crippen molar-refractivity contribution in [1.29, 1.82) is 0 Å². The largest absolute Gasteiger partial charge is 0.545 e. The molecular weight excluding hydrogens is 296 g/mol. The number of carboxylic acids is 1. The van der Waals surface area contributed by atoms with E-state index in [0.29, 0.717) is 6.61 Å². The van der Waals surface area contributed by atoms with Crippen LogP contribution in [0.2, 0.25) is 19.6 Å². The van der Waals surface area contributed by atoms with Gasteiger partial charge in [0.15, 0.2) is 0 Å². The summed E-state index contributed by atoms with van der Waals surface area (Å²) in [4.78, 5) is 15.2. The lowest BCUT2D eigenvalue weighted by Crippen LogP contribution is -2.38. The summed E-state index contributed by atoms with van der Waals surface area (Å²) in [6.07, 6.45) is 7.31. The van der Waals surface area contributed by atoms with E-state index in [1.54, 1.807) is 12.3 Å². The topological polar surface area (TPSA) is 67.2 Å². The van der Waals surface area contributed by atoms with Crippen LogP contribution in [0.15, 0.2) is 12.3 Å². The molecular formula is C16H27N2O3Si-. The first-order valence-electron chi connectivity index (χ1n) is 7.88. The average Bonchev–Trinajstić information content (AvgIpc) is 2.81. The summed E-state index contributed by atoms with van der Waals surface area (Å²) in [6.45, 7) is 11.5. The van der Waals surface area contributed by atoms with E-state index < -0.39 is 14.0 Å². The molecule has 1 rings (SSSR count). The SMILES string of the molecule is CCCCc1ncc(/C=C/C(=O)[O-])n1C(OCC)[Si](C)(C)C. The lowest BCUT2D eigenvalue weighted by atomic mass is 10.2. The van der Waals surface area contributed by atoms with Gasteiger partial charge in [-0.05, 0) is 25.5 Å². The van der Waals surface area contributed by atoms with Gasteiger partial charge in [-0.1, -0.05) is 33.0 Å². The number of carboxylic acid groups (broad SMARTS) is 1. The lowest BCUT2D eigenvalue weighted by Gasteiger charge is -2.32. The molecule has 1 atom stereocenters. The molecule has 0 N–H and O–H groups in total. The normalized spacial score (nSPS) is 13.7. The Morgan fingerprint density at radius 1 is 1.45 bits per heavy atom. The third-order valence-electron chi connectivity index (χ3n) is 3.35. The van der Waals surface area contributed by atoms with Crippen molar-refractivity contribution in [2.45, 2.75) is 58.6 Å². The van der Waals surface area contributed by atoms with Gasteiger partial charge in [-0.15, -0.1) is 0 Å². The predicted octanol–water partition coefficient (Wildman–Crippen LogP) is 2.40. The molecule has 5 nitrogen and oxygen atoms in total. The second-order valence-corrected chi connectivity index (χ2v) is 11.6. The molecule has 0 spiro atoms. The fourth-order valence-corrected chi connectivity index (χ4v) is 4.09. The van der Waals surface area contributed by atoms with E-state index >= 15 is 0 Å². The minimum absolute atomic E-state index is 0.0618. The zero-order valence-corrected chi connectivity index (χ0v) is 15.3. The molecule has 0 amide bonds. The second kappa shape index (κ2) is 8.29. The van der Waals surface area contributed by atoms with Crippen LogP contribution in [0.3, 0.4) is 0 Å². The first-order valence-corrected chi connectivity index (χ1v) is 11.5. The number of aliphatic carboxylic acids is 1. The summed E-state index contributed by atoms with van der Waals surface area (Å²) in [5.41, 5.74) is 0.760. The van der Waals surface area contributed by atoms with E-state index in [4.69, 9.17) is 4.74 Å². The van der Waals surface area contributed by atoms with Gasteiger partial charge in [0.05, 0.1) is 17.9 Å². The molecule has 0 saturated carbocycles. The van der Waals surface area contributed by atoms with Crippen molar-refractivity contribution in [3.05, 3.63) is 23.8 Å². The molecule has 1 aromatic heterocycles. The van der Waals surface area contributed by atoms with E-state index in [9.17, 15) is 9.90 Å². The number of hydrogen-bond donors (Lipinski definition) is 0. The zero-order valence-electron chi connectivity index (χ0n) is 14.3. The van der Waals surface area contributed by atoms with Gasteiger partial charge in [0.2, 0.25) is 0 Å². The smallest absolute Gasteiger partial charge is 0.120 e. The molecule has 0 fully saturated rings. The predicted molar refractivity (Wildman–Crippen MR) is 88.9 cm³/mol. The number of unbranched alkanes of at least 4 members (excludes halogenated alkanes) is 1. The van der Waals surface area contributed by atoms with Crippen molar-refractivity contribution in [2.24, 2.45) is 0 Å². The summed E-state index contributed by atoms with van der Waals surface area (Å²) in [5, 5.41) is 10.7. The molecule has 124 valence electrons. The molecule has 0 saturated heterocycles. The van der Waals surface area contributed by atoms with Crippen LogP contribution in [-0.2, 0) is 16.0 Å². The number of imidazole rings is 1. The highest BCUT2D eigenvalue weighted by molar-refractivity contribution is 6.76. The Labute approximate surface area is 134 Å². The maximum Gasteiger partial charge on any atom is 0.120 e. The van der Waals surface area contributed by atoms with Crippen molar-refractivity contribution in [3.8, 4) is 0 Å². The van der Waals surface area contributed by atoms with Gasteiger partial charge in [0, 0.05) is 13.0 Å². The average molecular weight is 323 g/mol. The van der Waals surface area contributed by atoms with Crippen LogP contribution in [0.4, 0.5) is 0 Å². The number of aryl methyl sites for hydroxylation is 1. The first kappa shape index (κ1) is 18.6. The molecule has 6 heteroatoms. The van der Waals surface area contributed by atoms with Crippen LogP contribution in [0, 0.1) is 0 Å². The van der Waals surface area contributed by atoms with Gasteiger partial charge < -0.3 is 19.2 Å². The quantitative estimate of drug-likeness (QED) is 0.517. The molecule has 0 aromatic carbocycles. The number of carbonyl (C=O) groups is 1. The number of aromatic nitrogens is 2. The summed E-state index contributed by atoms with van der Waals surface area (Å²) >= 11 is 0. The lowest BCUT2D eigenvalue weighted by molar-refractivity contribution is -0.297. The number of ether oxygens (including phenoxy) is 1. The van der Waals surface area contributed by atoms with Gasteiger partial charge in [0.1, 0.15) is 19.7 Å². The minimum atomic E-state index is -1.67. The first-order chi connectivity index (χ1) is 10.3. The van der Waals surface area contributed by atoms with Crippen molar-refractivity contribution >= 4 is 20.1 Å². The standard InChI is InChI=1S/C16H28N2O3Si/c1-6-8-9-14-17-12-13(10-11-15(19)20)18(14)16(21-7-2)22(3,4)5/h10-12,16H,6-9H2,1-5H3,(H,19,20)/p-1/b11-10+. The van der Waals surface area contributed by atoms with E-state index in [-0.39, 0.29) is 5.85 Å². The highest BCUT2D eigenvalue weighted by Gasteiger charge is 2.31. The Balaban J connectivity index is 3.29. The van der Waals surface area contributed by atoms with Crippen molar-refractivity contribution in [1.82, 2.24) is 9.55 Å². The third-order valence-corrected chi connectivity index (χ3v) is 5.25. The number of rotatable bonds is 9. The van der Waals surface area contributed by atoms with Crippen molar-refractivity contribution in [2.75, 3.05) is 6.61 Å². The second-order valence-electron chi connectivity index (χ2n) is 6.40. The van der Waals surface area contributed by atoms with Crippen molar-refractivity contribution < 1.29 is 14.6 Å². The molecule has 1 aromatic rings. The Hall–Kier alpha value is -1.40. The third kappa shape index (κ3) is 5.10. The number of hydrogen-bond acceptors (Lipinski definition) is 4. The molecule has 0 aliphatic heterocycles. The molecule has 1 unspecified atom stereocenters. The summed E-state index contributed by atoms with van der Waals surface area (Å²) in [5.74, 6) is -0.308. The molecule has 0 aliphatic rings. The Bertz CT molecular complexity index is 518. The summed E-state index contributed by atoms with van der Waals surface area (Å²) < 4.78 is 8.08. The minimum Gasteiger partial charge on any atom is -0.545 e. The molecule has 0 aliphatic carbocycles. The summed E-state index contributed by atoms with van der Waals surface area (Å²) in [7, 11) is -1.67. The number of carbonyl (C=O) groups excluding carboxylic acids is 1. The zero-order chi connectivity index (χ0) is 16.8. The van der Waals surface area contributed by atoms with E-state index in [1.165, 1.54) is 0 Å². The molecule has 22 heavy (non-hydrogen) atoms. The van der Waals surface area contributed by atoms with Gasteiger partial charge in [-0.25, -0.2) is 4.98 Å². The Kier molecular flexibility index (Phi) is 7.02. The fourth-order valence-electron chi connectivity index (χ4n) is 2.35. The van der Waals surface area contributed by atoms with E-state index in [0.717, 1.165) is 36.9 Å². The Morgan fingerprint density at radius 3 is 2.64 bits per heavy atom. The highest BCUT2D eigenvalue weighted by Crippen LogP contribution is 2.27. The molecule has 0 radical (unpaired) electrons. The van der Waals surface area contributed by atoms with Gasteiger partial charge in [-0.3, -0.25) is 0 Å². The number of nitrogens with zero attached hydrogens (tertiary/aromatic N) is 2. The van der Waals surface area contributed by atoms with Crippen LogP contribution in [0.5, 0.6) is 0 Å². The van der Waals surface area contributed by atoms with Gasteiger partial charge in [0.25, 0.3) is 0 Å². The maximum absolute atomic E-state index is 10.7. The Morgan fingerprint density at radius 2 is 2.14 bits per heavy atom. The van der Waals surface area contributed by atoms with Crippen LogP contribution in [-0.4, -0.2) is 30.2 Å². The van der Waals surface area contributed by atoms with Crippen LogP contribution >= 0.6 is 0 Å². The van der Waals surface area contributed by atoms with Gasteiger partial charge in [-0.2, -0.15) is 0 Å². The van der Waals surface area contributed by atoms with Crippen LogP contribution < -0.4 is 5.11 Å². The monoisotopic (exact) mass is 323 g/mol. The van der Waals surface area contributed by atoms with Crippen LogP contribution in [0.25, 0.3) is 6.08 Å².